The maximum Gasteiger partial charge on any atom is 0.254 e. The van der Waals surface area contributed by atoms with Crippen LogP contribution in [0.25, 0.3) is 0 Å². The number of methoxy groups -OCH3 is 1. The normalized spacial score (nSPS) is 14.4. The molecular weight excluding hydrogens is 418 g/mol. The van der Waals surface area contributed by atoms with Crippen molar-refractivity contribution in [2.75, 3.05) is 33.3 Å². The Labute approximate surface area is 182 Å². The molecule has 0 saturated carbocycles. The molecule has 1 aliphatic rings. The molecule has 2 aromatic rings. The number of primary sulfonamides is 1. The Morgan fingerprint density at radius 3 is 2.19 bits per heavy atom. The molecule has 0 unspecified atom stereocenters. The first kappa shape index (κ1) is 22.8. The van der Waals surface area contributed by atoms with Crippen molar-refractivity contribution in [3.05, 3.63) is 59.2 Å². The Bertz CT molecular complexity index is 1060. The third-order valence-electron chi connectivity index (χ3n) is 5.47. The van der Waals surface area contributed by atoms with Gasteiger partial charge in [-0.1, -0.05) is 18.2 Å². The Hall–Kier alpha value is -2.91. The highest BCUT2D eigenvalue weighted by atomic mass is 32.2. The van der Waals surface area contributed by atoms with E-state index in [0.717, 1.165) is 11.3 Å². The minimum atomic E-state index is -3.89. The van der Waals surface area contributed by atoms with Gasteiger partial charge < -0.3 is 14.5 Å². The van der Waals surface area contributed by atoms with Crippen molar-refractivity contribution in [3.8, 4) is 5.75 Å². The molecule has 166 valence electrons. The van der Waals surface area contributed by atoms with E-state index in [-0.39, 0.29) is 16.7 Å². The maximum atomic E-state index is 12.9. The van der Waals surface area contributed by atoms with Gasteiger partial charge in [0.15, 0.2) is 0 Å². The molecule has 1 fully saturated rings. The van der Waals surface area contributed by atoms with Crippen molar-refractivity contribution >= 4 is 21.8 Å². The lowest BCUT2D eigenvalue weighted by Crippen LogP contribution is -2.50. The average Bonchev–Trinajstić information content (AvgIpc) is 2.77. The number of hydrogen-bond donors (Lipinski definition) is 1. The lowest BCUT2D eigenvalue weighted by atomic mass is 10.1. The van der Waals surface area contributed by atoms with Crippen LogP contribution in [0.2, 0.25) is 0 Å². The Morgan fingerprint density at radius 2 is 1.61 bits per heavy atom. The number of carbonyl (C=O) groups is 2. The molecule has 3 rings (SSSR count). The first-order chi connectivity index (χ1) is 14.7. The number of hydrogen-bond acceptors (Lipinski definition) is 5. The Morgan fingerprint density at radius 1 is 1.00 bits per heavy atom. The third kappa shape index (κ3) is 5.62. The first-order valence-corrected chi connectivity index (χ1v) is 11.6. The van der Waals surface area contributed by atoms with E-state index in [2.05, 4.69) is 0 Å². The monoisotopic (exact) mass is 445 g/mol. The zero-order valence-corrected chi connectivity index (χ0v) is 18.5. The number of aryl methyl sites for hydroxylation is 2. The summed E-state index contributed by atoms with van der Waals surface area (Å²) in [6, 6.07) is 11.9. The number of amides is 2. The van der Waals surface area contributed by atoms with Crippen molar-refractivity contribution < 1.29 is 22.7 Å². The smallest absolute Gasteiger partial charge is 0.254 e. The molecule has 0 aromatic heterocycles. The fourth-order valence-corrected chi connectivity index (χ4v) is 4.08. The third-order valence-corrected chi connectivity index (χ3v) is 6.39. The van der Waals surface area contributed by atoms with Crippen LogP contribution in [-0.2, 0) is 21.2 Å². The van der Waals surface area contributed by atoms with Crippen LogP contribution in [0.15, 0.2) is 47.4 Å². The average molecular weight is 446 g/mol. The van der Waals surface area contributed by atoms with Gasteiger partial charge in [0.25, 0.3) is 5.91 Å². The molecule has 0 radical (unpaired) electrons. The van der Waals surface area contributed by atoms with E-state index < -0.39 is 10.0 Å². The van der Waals surface area contributed by atoms with Crippen LogP contribution in [0.1, 0.15) is 27.9 Å². The first-order valence-electron chi connectivity index (χ1n) is 10.0. The van der Waals surface area contributed by atoms with Crippen molar-refractivity contribution in [3.63, 3.8) is 0 Å². The molecule has 0 atom stereocenters. The largest absolute Gasteiger partial charge is 0.497 e. The number of nitrogens with zero attached hydrogens (tertiary/aromatic N) is 2. The molecule has 1 aliphatic heterocycles. The van der Waals surface area contributed by atoms with Crippen LogP contribution in [-0.4, -0.2) is 63.3 Å². The summed E-state index contributed by atoms with van der Waals surface area (Å²) in [4.78, 5) is 28.8. The molecule has 9 heteroatoms. The molecule has 8 nitrogen and oxygen atoms in total. The summed E-state index contributed by atoms with van der Waals surface area (Å²) < 4.78 is 28.4. The van der Waals surface area contributed by atoms with Gasteiger partial charge in [0.1, 0.15) is 5.75 Å². The van der Waals surface area contributed by atoms with Gasteiger partial charge in [0.05, 0.1) is 12.0 Å². The predicted molar refractivity (Wildman–Crippen MR) is 116 cm³/mol. The quantitative estimate of drug-likeness (QED) is 0.726. The van der Waals surface area contributed by atoms with Crippen molar-refractivity contribution in [1.29, 1.82) is 0 Å². The van der Waals surface area contributed by atoms with E-state index in [4.69, 9.17) is 9.88 Å². The highest BCUT2D eigenvalue weighted by Crippen LogP contribution is 2.18. The minimum Gasteiger partial charge on any atom is -0.497 e. The van der Waals surface area contributed by atoms with E-state index in [0.29, 0.717) is 50.1 Å². The fraction of sp³-hybridized carbons (Fsp3) is 0.364. The summed E-state index contributed by atoms with van der Waals surface area (Å²) in [5.41, 5.74) is 2.05. The number of sulfonamides is 1. The van der Waals surface area contributed by atoms with Gasteiger partial charge >= 0.3 is 0 Å². The summed E-state index contributed by atoms with van der Waals surface area (Å²) in [5, 5.41) is 5.19. The Kier molecular flexibility index (Phi) is 6.97. The van der Waals surface area contributed by atoms with E-state index in [1.807, 2.05) is 24.3 Å². The summed E-state index contributed by atoms with van der Waals surface area (Å²) in [6.45, 7) is 3.43. The molecule has 31 heavy (non-hydrogen) atoms. The summed E-state index contributed by atoms with van der Waals surface area (Å²) in [7, 11) is -2.28. The topological polar surface area (TPSA) is 110 Å². The van der Waals surface area contributed by atoms with Gasteiger partial charge in [-0.3, -0.25) is 9.59 Å². The summed E-state index contributed by atoms with van der Waals surface area (Å²) in [6.07, 6.45) is 1.04. The lowest BCUT2D eigenvalue weighted by molar-refractivity contribution is -0.132. The number of rotatable bonds is 6. The van der Waals surface area contributed by atoms with Gasteiger partial charge in [-0.15, -0.1) is 0 Å². The van der Waals surface area contributed by atoms with Crippen LogP contribution in [0.3, 0.4) is 0 Å². The maximum absolute atomic E-state index is 12.9. The molecule has 2 amide bonds. The zero-order valence-electron chi connectivity index (χ0n) is 17.7. The summed E-state index contributed by atoms with van der Waals surface area (Å²) in [5.74, 6) is 0.573. The molecule has 1 saturated heterocycles. The number of carbonyl (C=O) groups excluding carboxylic acids is 2. The Balaban J connectivity index is 1.56. The van der Waals surface area contributed by atoms with E-state index in [1.54, 1.807) is 29.9 Å². The summed E-state index contributed by atoms with van der Waals surface area (Å²) >= 11 is 0. The molecule has 0 bridgehead atoms. The minimum absolute atomic E-state index is 0.0512. The van der Waals surface area contributed by atoms with E-state index >= 15 is 0 Å². The zero-order chi connectivity index (χ0) is 22.6. The van der Waals surface area contributed by atoms with Gasteiger partial charge in [-0.05, 0) is 48.7 Å². The van der Waals surface area contributed by atoms with E-state index in [9.17, 15) is 18.0 Å². The lowest BCUT2D eigenvalue weighted by Gasteiger charge is -2.35. The second-order valence-electron chi connectivity index (χ2n) is 7.54. The number of ether oxygens (including phenoxy) is 1. The second-order valence-corrected chi connectivity index (χ2v) is 9.10. The predicted octanol–water partition coefficient (Wildman–Crippen LogP) is 1.57. The van der Waals surface area contributed by atoms with Gasteiger partial charge in [-0.2, -0.15) is 0 Å². The molecule has 0 aliphatic carbocycles. The van der Waals surface area contributed by atoms with E-state index in [1.165, 1.54) is 12.1 Å². The van der Waals surface area contributed by atoms with Crippen molar-refractivity contribution in [2.24, 2.45) is 5.14 Å². The molecular formula is C22H27N3O5S. The van der Waals surface area contributed by atoms with Gasteiger partial charge in [0, 0.05) is 38.2 Å². The van der Waals surface area contributed by atoms with Gasteiger partial charge in [0.2, 0.25) is 15.9 Å². The number of piperazine rings is 1. The highest BCUT2D eigenvalue weighted by Gasteiger charge is 2.26. The van der Waals surface area contributed by atoms with Crippen molar-refractivity contribution in [1.82, 2.24) is 9.80 Å². The SMILES string of the molecule is COc1ccc(CCC(=O)N2CCN(C(=O)c3cc(S(N)(=O)=O)ccc3C)CC2)cc1. The highest BCUT2D eigenvalue weighted by molar-refractivity contribution is 7.89. The molecule has 0 spiro atoms. The molecule has 1 heterocycles. The molecule has 2 N–H and O–H groups in total. The van der Waals surface area contributed by atoms with Crippen LogP contribution >= 0.6 is 0 Å². The van der Waals surface area contributed by atoms with Gasteiger partial charge in [-0.25, -0.2) is 13.6 Å². The van der Waals surface area contributed by atoms with Crippen LogP contribution in [0.4, 0.5) is 0 Å². The van der Waals surface area contributed by atoms with Crippen LogP contribution < -0.4 is 9.88 Å². The number of nitrogens with two attached hydrogens (primary N) is 1. The van der Waals surface area contributed by atoms with Crippen LogP contribution in [0.5, 0.6) is 5.75 Å². The molecule has 2 aromatic carbocycles. The second kappa shape index (κ2) is 9.49. The van der Waals surface area contributed by atoms with Crippen LogP contribution in [0, 0.1) is 6.92 Å². The standard InChI is InChI=1S/C22H27N3O5S/c1-16-3-9-19(31(23,28)29)15-20(16)22(27)25-13-11-24(12-14-25)21(26)10-6-17-4-7-18(30-2)8-5-17/h3-5,7-9,15H,6,10-14H2,1-2H3,(H2,23,28,29). The number of benzene rings is 2. The van der Waals surface area contributed by atoms with Crippen molar-refractivity contribution in [2.45, 2.75) is 24.7 Å². The fourth-order valence-electron chi connectivity index (χ4n) is 3.54.